The molecule has 24 heavy (non-hydrogen) atoms. The Morgan fingerprint density at radius 2 is 1.92 bits per heavy atom. The predicted molar refractivity (Wildman–Crippen MR) is 101 cm³/mol. The number of oxazole rings is 1. The van der Waals surface area contributed by atoms with Gasteiger partial charge in [-0.3, -0.25) is 4.21 Å². The average molecular weight is 357 g/mol. The molecule has 0 aromatic carbocycles. The summed E-state index contributed by atoms with van der Waals surface area (Å²) in [5, 5.41) is 6.38. The molecule has 1 atom stereocenters. The minimum absolute atomic E-state index is 0.0608. The van der Waals surface area contributed by atoms with Crippen molar-refractivity contribution in [3.05, 3.63) is 17.8 Å². The molecule has 0 radical (unpaired) electrons. The fourth-order valence-electron chi connectivity index (χ4n) is 1.79. The first-order valence-corrected chi connectivity index (χ1v) is 9.71. The molecule has 2 N–H and O–H groups in total. The summed E-state index contributed by atoms with van der Waals surface area (Å²) in [6.07, 6.45) is 1.76. The Kier molecular flexibility index (Phi) is 7.45. The summed E-state index contributed by atoms with van der Waals surface area (Å²) in [4.78, 5) is 8.75. The normalized spacial score (nSPS) is 14.5. The van der Waals surface area contributed by atoms with Crippen LogP contribution in [0.3, 0.4) is 0 Å². The molecule has 0 aliphatic carbocycles. The second kappa shape index (κ2) is 8.65. The van der Waals surface area contributed by atoms with Crippen molar-refractivity contribution in [2.45, 2.75) is 65.2 Å². The smallest absolute Gasteiger partial charge is 0.216 e. The molecule has 1 aromatic heterocycles. The third kappa shape index (κ3) is 7.03. The molecule has 1 heterocycles. The molecule has 138 valence electrons. The maximum absolute atomic E-state index is 12.1. The molecule has 0 aliphatic rings. The van der Waals surface area contributed by atoms with Gasteiger partial charge in [0.05, 0.1) is 6.20 Å². The molecule has 0 amide bonds. The van der Waals surface area contributed by atoms with Gasteiger partial charge in [0.2, 0.25) is 5.89 Å². The molecule has 1 unspecified atom stereocenters. The third-order valence-electron chi connectivity index (χ3n) is 3.27. The number of hydrogen-bond donors (Lipinski definition) is 2. The van der Waals surface area contributed by atoms with E-state index in [-0.39, 0.29) is 10.2 Å². The second-order valence-corrected chi connectivity index (χ2v) is 9.98. The lowest BCUT2D eigenvalue weighted by Crippen LogP contribution is -2.40. The van der Waals surface area contributed by atoms with E-state index in [1.807, 2.05) is 27.7 Å². The molecule has 0 saturated carbocycles. The van der Waals surface area contributed by atoms with Crippen LogP contribution in [0.25, 0.3) is 0 Å². The number of aromatic nitrogens is 1. The highest BCUT2D eigenvalue weighted by atomic mass is 32.2. The van der Waals surface area contributed by atoms with Gasteiger partial charge in [-0.1, -0.05) is 20.8 Å². The van der Waals surface area contributed by atoms with E-state index < -0.39 is 10.8 Å². The van der Waals surface area contributed by atoms with Gasteiger partial charge in [-0.05, 0) is 27.7 Å². The lowest BCUT2D eigenvalue weighted by Gasteiger charge is -2.18. The largest absolute Gasteiger partial charge is 0.443 e. The quantitative estimate of drug-likeness (QED) is 0.605. The Balaban J connectivity index is 2.59. The number of hydrogen-bond acceptors (Lipinski definition) is 4. The lowest BCUT2D eigenvalue weighted by molar-refractivity contribution is 0.383. The first-order chi connectivity index (χ1) is 11.0. The Labute approximate surface area is 148 Å². The molecule has 1 aromatic rings. The van der Waals surface area contributed by atoms with Crippen LogP contribution in [0.1, 0.15) is 60.1 Å². The van der Waals surface area contributed by atoms with Gasteiger partial charge >= 0.3 is 0 Å². The maximum Gasteiger partial charge on any atom is 0.216 e. The summed E-state index contributed by atoms with van der Waals surface area (Å²) in [6, 6.07) is 0. The minimum Gasteiger partial charge on any atom is -0.443 e. The van der Waals surface area contributed by atoms with Crippen LogP contribution in [-0.2, 0) is 22.8 Å². The van der Waals surface area contributed by atoms with Gasteiger partial charge in [0.15, 0.2) is 5.96 Å². The van der Waals surface area contributed by atoms with Crippen LogP contribution in [0, 0.1) is 0 Å². The number of rotatable bonds is 6. The van der Waals surface area contributed by atoms with Crippen LogP contribution in [0.15, 0.2) is 15.6 Å². The molecule has 0 aliphatic heterocycles. The van der Waals surface area contributed by atoms with Crippen molar-refractivity contribution in [1.82, 2.24) is 15.6 Å². The Bertz CT molecular complexity index is 568. The molecule has 0 fully saturated rings. The van der Waals surface area contributed by atoms with Gasteiger partial charge in [0, 0.05) is 39.8 Å². The third-order valence-corrected chi connectivity index (χ3v) is 5.21. The Morgan fingerprint density at radius 3 is 2.42 bits per heavy atom. The fourth-order valence-corrected chi connectivity index (χ4v) is 2.69. The van der Waals surface area contributed by atoms with E-state index in [1.54, 1.807) is 6.20 Å². The topological polar surface area (TPSA) is 79.5 Å². The van der Waals surface area contributed by atoms with Crippen LogP contribution in [0.5, 0.6) is 0 Å². The zero-order valence-corrected chi connectivity index (χ0v) is 16.8. The summed E-state index contributed by atoms with van der Waals surface area (Å²) < 4.78 is 17.6. The Hall–Kier alpha value is -1.37. The van der Waals surface area contributed by atoms with E-state index >= 15 is 0 Å². The molecule has 0 spiro atoms. The summed E-state index contributed by atoms with van der Waals surface area (Å²) >= 11 is 0. The fraction of sp³-hybridized carbons (Fsp3) is 0.765. The molecule has 0 saturated heterocycles. The number of nitrogens with one attached hydrogen (secondary N) is 2. The van der Waals surface area contributed by atoms with Crippen molar-refractivity contribution < 1.29 is 8.63 Å². The first kappa shape index (κ1) is 20.7. The molecule has 7 heteroatoms. The summed E-state index contributed by atoms with van der Waals surface area (Å²) in [5.74, 6) is 2.71. The lowest BCUT2D eigenvalue weighted by atomic mass is 9.94. The van der Waals surface area contributed by atoms with Gasteiger partial charge in [0.25, 0.3) is 0 Å². The minimum atomic E-state index is -0.880. The van der Waals surface area contributed by atoms with Crippen molar-refractivity contribution in [2.24, 2.45) is 4.99 Å². The van der Waals surface area contributed by atoms with Gasteiger partial charge in [0.1, 0.15) is 12.3 Å². The van der Waals surface area contributed by atoms with Crippen molar-refractivity contribution in [2.75, 3.05) is 18.8 Å². The van der Waals surface area contributed by atoms with E-state index in [1.165, 1.54) is 0 Å². The molecular weight excluding hydrogens is 324 g/mol. The van der Waals surface area contributed by atoms with Gasteiger partial charge in [-0.2, -0.15) is 0 Å². The average Bonchev–Trinajstić information content (AvgIpc) is 2.92. The van der Waals surface area contributed by atoms with Gasteiger partial charge in [-0.25, -0.2) is 9.98 Å². The second-order valence-electron chi connectivity index (χ2n) is 7.65. The number of nitrogens with zero attached hydrogens (tertiary/aromatic N) is 2. The highest BCUT2D eigenvalue weighted by Gasteiger charge is 2.20. The highest BCUT2D eigenvalue weighted by molar-refractivity contribution is 7.86. The molecule has 0 bridgehead atoms. The van der Waals surface area contributed by atoms with Crippen LogP contribution >= 0.6 is 0 Å². The highest BCUT2D eigenvalue weighted by Crippen LogP contribution is 2.22. The molecule has 1 rings (SSSR count). The van der Waals surface area contributed by atoms with Gasteiger partial charge < -0.3 is 15.1 Å². The standard InChI is InChI=1S/C17H32N4O2S/c1-8-18-15(19-9-10-24(22)17(5,6)7)21-12-14-20-11-13(23-14)16(2,3)4/h11H,8-10,12H2,1-7H3,(H2,18,19,21). The Morgan fingerprint density at radius 1 is 1.25 bits per heavy atom. The van der Waals surface area contributed by atoms with Crippen molar-refractivity contribution in [3.8, 4) is 0 Å². The molecule has 6 nitrogen and oxygen atoms in total. The van der Waals surface area contributed by atoms with E-state index in [2.05, 4.69) is 41.4 Å². The van der Waals surface area contributed by atoms with Crippen molar-refractivity contribution >= 4 is 16.8 Å². The summed E-state index contributed by atoms with van der Waals surface area (Å²) in [6.45, 7) is 15.9. The van der Waals surface area contributed by atoms with Crippen LogP contribution in [0.2, 0.25) is 0 Å². The van der Waals surface area contributed by atoms with E-state index in [0.717, 1.165) is 12.3 Å². The number of aliphatic imine (C=N–C) groups is 1. The summed E-state index contributed by atoms with van der Waals surface area (Å²) in [7, 11) is -0.880. The van der Waals surface area contributed by atoms with Gasteiger partial charge in [-0.15, -0.1) is 0 Å². The molecular formula is C17H32N4O2S. The van der Waals surface area contributed by atoms with Crippen molar-refractivity contribution in [3.63, 3.8) is 0 Å². The number of guanidine groups is 1. The zero-order chi connectivity index (χ0) is 18.4. The monoisotopic (exact) mass is 356 g/mol. The van der Waals surface area contributed by atoms with Crippen LogP contribution < -0.4 is 10.6 Å². The maximum atomic E-state index is 12.1. The van der Waals surface area contributed by atoms with E-state index in [9.17, 15) is 4.21 Å². The zero-order valence-electron chi connectivity index (χ0n) is 16.0. The predicted octanol–water partition coefficient (Wildman–Crippen LogP) is 2.57. The summed E-state index contributed by atoms with van der Waals surface area (Å²) in [5.41, 5.74) is -0.0608. The van der Waals surface area contributed by atoms with E-state index in [0.29, 0.717) is 30.7 Å². The van der Waals surface area contributed by atoms with Crippen molar-refractivity contribution in [1.29, 1.82) is 0 Å². The first-order valence-electron chi connectivity index (χ1n) is 8.40. The van der Waals surface area contributed by atoms with E-state index in [4.69, 9.17) is 4.42 Å². The SMILES string of the molecule is CCNC(=NCc1ncc(C(C)(C)C)o1)NCCS(=O)C(C)(C)C. The van der Waals surface area contributed by atoms with Crippen LogP contribution in [-0.4, -0.2) is 38.7 Å². The van der Waals surface area contributed by atoms with Crippen LogP contribution in [0.4, 0.5) is 0 Å².